The molecule has 1 amide bonds. The Labute approximate surface area is 205 Å². The van der Waals surface area contributed by atoms with Gasteiger partial charge >= 0.3 is 6.61 Å². The molecule has 0 aliphatic heterocycles. The highest BCUT2D eigenvalue weighted by atomic mass is 32.2. The summed E-state index contributed by atoms with van der Waals surface area (Å²) < 4.78 is 30.9. The molecule has 4 aromatic rings. The summed E-state index contributed by atoms with van der Waals surface area (Å²) in [6.07, 6.45) is 0. The number of amides is 1. The third-order valence-corrected chi connectivity index (χ3v) is 6.13. The lowest BCUT2D eigenvalue weighted by molar-refractivity contribution is -0.116. The van der Waals surface area contributed by atoms with Gasteiger partial charge in [-0.05, 0) is 62.4 Å². The number of nitrogens with zero attached hydrogens (tertiary/aromatic N) is 3. The molecule has 0 bridgehead atoms. The SMILES string of the molecule is CC(C)N(C(=O)CSc1nc2ccccc2c(=O)n1-c1ccc(OC(F)F)cc1)c1ccccc1. The average Bonchev–Trinajstić information content (AvgIpc) is 2.84. The first kappa shape index (κ1) is 24.4. The second-order valence-corrected chi connectivity index (χ2v) is 8.85. The Balaban J connectivity index is 1.70. The molecule has 0 saturated heterocycles. The van der Waals surface area contributed by atoms with Gasteiger partial charge in [-0.1, -0.05) is 42.1 Å². The zero-order valence-electron chi connectivity index (χ0n) is 19.1. The monoisotopic (exact) mass is 495 g/mol. The van der Waals surface area contributed by atoms with Gasteiger partial charge in [0.25, 0.3) is 5.56 Å². The summed E-state index contributed by atoms with van der Waals surface area (Å²) in [6.45, 7) is 0.919. The summed E-state index contributed by atoms with van der Waals surface area (Å²) in [5.74, 6) is -0.110. The minimum atomic E-state index is -2.95. The fraction of sp³-hybridized carbons (Fsp3) is 0.192. The van der Waals surface area contributed by atoms with Crippen molar-refractivity contribution in [2.45, 2.75) is 31.7 Å². The number of benzene rings is 3. The van der Waals surface area contributed by atoms with E-state index in [1.807, 2.05) is 44.2 Å². The van der Waals surface area contributed by atoms with Crippen LogP contribution in [0.5, 0.6) is 5.75 Å². The fourth-order valence-electron chi connectivity index (χ4n) is 3.73. The van der Waals surface area contributed by atoms with Crippen molar-refractivity contribution in [2.75, 3.05) is 10.7 Å². The molecule has 0 N–H and O–H groups in total. The maximum Gasteiger partial charge on any atom is 0.387 e. The van der Waals surface area contributed by atoms with E-state index in [1.54, 1.807) is 29.2 Å². The number of ether oxygens (including phenoxy) is 1. The molecule has 0 spiro atoms. The van der Waals surface area contributed by atoms with Gasteiger partial charge in [0.15, 0.2) is 5.16 Å². The molecular weight excluding hydrogens is 472 g/mol. The summed E-state index contributed by atoms with van der Waals surface area (Å²) in [5, 5.41) is 0.727. The Hall–Kier alpha value is -3.72. The predicted octanol–water partition coefficient (Wildman–Crippen LogP) is 5.52. The minimum Gasteiger partial charge on any atom is -0.435 e. The topological polar surface area (TPSA) is 64.4 Å². The summed E-state index contributed by atoms with van der Waals surface area (Å²) in [4.78, 5) is 32.9. The normalized spacial score (nSPS) is 11.3. The van der Waals surface area contributed by atoms with Crippen molar-refractivity contribution < 1.29 is 18.3 Å². The van der Waals surface area contributed by atoms with Crippen LogP contribution in [0.1, 0.15) is 13.8 Å². The van der Waals surface area contributed by atoms with Gasteiger partial charge in [-0.3, -0.25) is 14.2 Å². The van der Waals surface area contributed by atoms with Crippen molar-refractivity contribution in [3.05, 3.63) is 89.2 Å². The third-order valence-electron chi connectivity index (χ3n) is 5.21. The van der Waals surface area contributed by atoms with Crippen LogP contribution in [-0.4, -0.2) is 33.9 Å². The predicted molar refractivity (Wildman–Crippen MR) is 134 cm³/mol. The number of rotatable bonds is 8. The molecule has 9 heteroatoms. The van der Waals surface area contributed by atoms with Crippen LogP contribution in [0.25, 0.3) is 16.6 Å². The molecule has 0 aliphatic carbocycles. The van der Waals surface area contributed by atoms with Gasteiger partial charge in [-0.15, -0.1) is 0 Å². The zero-order valence-corrected chi connectivity index (χ0v) is 19.9. The first-order chi connectivity index (χ1) is 16.8. The highest BCUT2D eigenvalue weighted by molar-refractivity contribution is 7.99. The van der Waals surface area contributed by atoms with Crippen molar-refractivity contribution in [3.8, 4) is 11.4 Å². The molecule has 0 saturated carbocycles. The van der Waals surface area contributed by atoms with Crippen LogP contribution >= 0.6 is 11.8 Å². The second kappa shape index (κ2) is 10.7. The summed E-state index contributed by atoms with van der Waals surface area (Å²) >= 11 is 1.14. The Morgan fingerprint density at radius 3 is 2.31 bits per heavy atom. The summed E-state index contributed by atoms with van der Waals surface area (Å²) in [6, 6.07) is 22.0. The lowest BCUT2D eigenvalue weighted by atomic mass is 10.2. The number of hydrogen-bond acceptors (Lipinski definition) is 5. The standard InChI is InChI=1S/C26H23F2N3O3S/c1-17(2)30(18-8-4-3-5-9-18)23(32)16-35-26-29-22-11-7-6-10-21(22)24(33)31(26)19-12-14-20(15-13-19)34-25(27)28/h3-15,17,25H,16H2,1-2H3. The van der Waals surface area contributed by atoms with Crippen LogP contribution < -0.4 is 15.2 Å². The molecule has 1 heterocycles. The van der Waals surface area contributed by atoms with E-state index in [1.165, 1.54) is 28.8 Å². The lowest BCUT2D eigenvalue weighted by Crippen LogP contribution is -2.38. The van der Waals surface area contributed by atoms with E-state index in [0.717, 1.165) is 17.4 Å². The van der Waals surface area contributed by atoms with Crippen molar-refractivity contribution in [1.82, 2.24) is 9.55 Å². The average molecular weight is 496 g/mol. The number of carbonyl (C=O) groups excluding carboxylic acids is 1. The molecule has 1 aromatic heterocycles. The number of fused-ring (bicyclic) bond motifs is 1. The first-order valence-corrected chi connectivity index (χ1v) is 11.9. The summed E-state index contributed by atoms with van der Waals surface area (Å²) in [7, 11) is 0. The number of carbonyl (C=O) groups is 1. The molecule has 3 aromatic carbocycles. The number of aromatic nitrogens is 2. The van der Waals surface area contributed by atoms with Crippen molar-refractivity contribution >= 4 is 34.3 Å². The molecule has 35 heavy (non-hydrogen) atoms. The molecule has 0 aliphatic rings. The van der Waals surface area contributed by atoms with E-state index < -0.39 is 6.61 Å². The second-order valence-electron chi connectivity index (χ2n) is 7.91. The molecule has 180 valence electrons. The molecule has 0 radical (unpaired) electrons. The third kappa shape index (κ3) is 5.51. The van der Waals surface area contributed by atoms with Crippen LogP contribution in [0.3, 0.4) is 0 Å². The smallest absolute Gasteiger partial charge is 0.387 e. The van der Waals surface area contributed by atoms with E-state index >= 15 is 0 Å². The number of para-hydroxylation sites is 2. The van der Waals surface area contributed by atoms with Crippen molar-refractivity contribution in [1.29, 1.82) is 0 Å². The maximum absolute atomic E-state index is 13.4. The van der Waals surface area contributed by atoms with Crippen LogP contribution in [0, 0.1) is 0 Å². The van der Waals surface area contributed by atoms with Crippen LogP contribution in [0.4, 0.5) is 14.5 Å². The lowest BCUT2D eigenvalue weighted by Gasteiger charge is -2.27. The van der Waals surface area contributed by atoms with Gasteiger partial charge in [0, 0.05) is 11.7 Å². The van der Waals surface area contributed by atoms with Gasteiger partial charge < -0.3 is 9.64 Å². The molecule has 0 atom stereocenters. The molecule has 0 unspecified atom stereocenters. The number of hydrogen-bond donors (Lipinski definition) is 0. The zero-order chi connectivity index (χ0) is 24.9. The van der Waals surface area contributed by atoms with Gasteiger partial charge in [0.1, 0.15) is 5.75 Å². The fourth-order valence-corrected chi connectivity index (χ4v) is 4.60. The Kier molecular flexibility index (Phi) is 7.45. The van der Waals surface area contributed by atoms with Gasteiger partial charge in [-0.25, -0.2) is 4.98 Å². The highest BCUT2D eigenvalue weighted by Gasteiger charge is 2.21. The van der Waals surface area contributed by atoms with Crippen LogP contribution in [0.2, 0.25) is 0 Å². The Bertz CT molecular complexity index is 1380. The van der Waals surface area contributed by atoms with E-state index in [-0.39, 0.29) is 29.0 Å². The molecule has 0 fully saturated rings. The Morgan fingerprint density at radius 2 is 1.66 bits per heavy atom. The number of thioether (sulfide) groups is 1. The largest absolute Gasteiger partial charge is 0.435 e. The Morgan fingerprint density at radius 1 is 1.00 bits per heavy atom. The maximum atomic E-state index is 13.4. The van der Waals surface area contributed by atoms with E-state index in [9.17, 15) is 18.4 Å². The van der Waals surface area contributed by atoms with Crippen molar-refractivity contribution in [3.63, 3.8) is 0 Å². The number of anilines is 1. The van der Waals surface area contributed by atoms with Gasteiger partial charge in [-0.2, -0.15) is 8.78 Å². The first-order valence-electron chi connectivity index (χ1n) is 10.9. The molecule has 6 nitrogen and oxygen atoms in total. The van der Waals surface area contributed by atoms with E-state index in [0.29, 0.717) is 21.7 Å². The summed E-state index contributed by atoms with van der Waals surface area (Å²) in [5.41, 5.74) is 1.39. The highest BCUT2D eigenvalue weighted by Crippen LogP contribution is 2.25. The number of halogens is 2. The van der Waals surface area contributed by atoms with Crippen LogP contribution in [-0.2, 0) is 4.79 Å². The number of alkyl halides is 2. The van der Waals surface area contributed by atoms with Gasteiger partial charge in [0.05, 0.1) is 22.3 Å². The van der Waals surface area contributed by atoms with Crippen LogP contribution in [0.15, 0.2) is 88.8 Å². The molecule has 4 rings (SSSR count). The van der Waals surface area contributed by atoms with E-state index in [2.05, 4.69) is 9.72 Å². The van der Waals surface area contributed by atoms with E-state index in [4.69, 9.17) is 0 Å². The van der Waals surface area contributed by atoms with Gasteiger partial charge in [0.2, 0.25) is 5.91 Å². The quantitative estimate of drug-likeness (QED) is 0.238. The molecular formula is C26H23F2N3O3S. The minimum absolute atomic E-state index is 0.0228. The van der Waals surface area contributed by atoms with Crippen molar-refractivity contribution in [2.24, 2.45) is 0 Å².